The molecule has 0 aliphatic carbocycles. The molecule has 0 aromatic carbocycles. The monoisotopic (exact) mass is 510 g/mol. The third-order valence-corrected chi connectivity index (χ3v) is 8.46. The predicted octanol–water partition coefficient (Wildman–Crippen LogP) is 8.65. The van der Waals surface area contributed by atoms with Crippen LogP contribution in [-0.2, 0) is 13.8 Å². The molecular weight excluding hydrogens is 459 g/mol. The van der Waals surface area contributed by atoms with Crippen LogP contribution in [0.3, 0.4) is 0 Å². The van der Waals surface area contributed by atoms with Gasteiger partial charge in [-0.05, 0) is 31.9 Å². The Morgan fingerprint density at radius 1 is 0.818 bits per heavy atom. The fourth-order valence-electron chi connectivity index (χ4n) is 3.73. The Balaban J connectivity index is 4.06. The number of thioether (sulfide) groups is 1. The van der Waals surface area contributed by atoms with Gasteiger partial charge in [0, 0.05) is 11.9 Å². The van der Waals surface area contributed by atoms with Gasteiger partial charge in [0.1, 0.15) is 0 Å². The molecule has 0 amide bonds. The van der Waals surface area contributed by atoms with Crippen molar-refractivity contribution in [2.75, 3.05) is 19.0 Å². The summed E-state index contributed by atoms with van der Waals surface area (Å²) >= 11 is 2.02. The molecule has 2 N–H and O–H groups in total. The topological polar surface area (TPSA) is 93.1 Å². The first-order valence-corrected chi connectivity index (χ1v) is 15.9. The van der Waals surface area contributed by atoms with E-state index in [1.807, 2.05) is 11.8 Å². The summed E-state index contributed by atoms with van der Waals surface area (Å²) in [5.41, 5.74) is -1.81. The molecule has 0 rings (SSSR count). The van der Waals surface area contributed by atoms with Crippen LogP contribution in [0, 0.1) is 0 Å². The minimum absolute atomic E-state index is 0.0974. The summed E-state index contributed by atoms with van der Waals surface area (Å²) in [7, 11) is -4.55. The third kappa shape index (κ3) is 19.9. The Bertz CT molecular complexity index is 505. The minimum Gasteiger partial charge on any atom is -0.472 e. The first kappa shape index (κ1) is 32.9. The van der Waals surface area contributed by atoms with Gasteiger partial charge in [-0.2, -0.15) is 11.8 Å². The van der Waals surface area contributed by atoms with Gasteiger partial charge >= 0.3 is 13.3 Å². The Hall–Kier alpha value is -0.0700. The van der Waals surface area contributed by atoms with Crippen LogP contribution < -0.4 is 0 Å². The van der Waals surface area contributed by atoms with Gasteiger partial charge in [-0.15, -0.1) is 0 Å². The molecule has 0 bridgehead atoms. The maximum atomic E-state index is 11.3. The van der Waals surface area contributed by atoms with Crippen LogP contribution in [0.25, 0.3) is 0 Å². The summed E-state index contributed by atoms with van der Waals surface area (Å²) in [4.78, 5) is 19.8. The second-order valence-corrected chi connectivity index (χ2v) is 12.0. The molecule has 0 aromatic heterocycles. The van der Waals surface area contributed by atoms with Gasteiger partial charge in [0.2, 0.25) is 0 Å². The van der Waals surface area contributed by atoms with Crippen molar-refractivity contribution in [3.63, 3.8) is 0 Å². The van der Waals surface area contributed by atoms with E-state index in [-0.39, 0.29) is 12.7 Å². The van der Waals surface area contributed by atoms with Crippen molar-refractivity contribution in [2.45, 2.75) is 135 Å². The van der Waals surface area contributed by atoms with E-state index < -0.39 is 13.3 Å². The van der Waals surface area contributed by atoms with Gasteiger partial charge in [0.05, 0.1) is 12.7 Å². The summed E-state index contributed by atoms with van der Waals surface area (Å²) in [6, 6.07) is 0. The van der Waals surface area contributed by atoms with Gasteiger partial charge in [0.25, 0.3) is 0 Å². The minimum atomic E-state index is -4.55. The summed E-state index contributed by atoms with van der Waals surface area (Å²) in [6.07, 6.45) is 20.1. The molecule has 198 valence electrons. The van der Waals surface area contributed by atoms with E-state index in [1.54, 1.807) is 0 Å². The maximum absolute atomic E-state index is 11.3. The number of carbonyl (C=O) groups is 1. The second-order valence-electron chi connectivity index (χ2n) is 9.01. The lowest BCUT2D eigenvalue weighted by molar-refractivity contribution is 0.0537. The second kappa shape index (κ2) is 22.4. The number of hydrogen-bond donors (Lipinski definition) is 2. The normalized spacial score (nSPS) is 15.3. The molecule has 0 saturated heterocycles. The molecule has 0 radical (unpaired) electrons. The Morgan fingerprint density at radius 2 is 1.33 bits per heavy atom. The average Bonchev–Trinajstić information content (AvgIpc) is 2.78. The van der Waals surface area contributed by atoms with E-state index in [4.69, 9.17) is 14.7 Å². The van der Waals surface area contributed by atoms with E-state index in [1.165, 1.54) is 89.9 Å². The average molecular weight is 511 g/mol. The zero-order chi connectivity index (χ0) is 24.8. The van der Waals surface area contributed by atoms with Crippen molar-refractivity contribution in [3.8, 4) is 0 Å². The van der Waals surface area contributed by atoms with Crippen molar-refractivity contribution in [2.24, 2.45) is 0 Å². The van der Waals surface area contributed by atoms with Crippen molar-refractivity contribution in [1.29, 1.82) is 0 Å². The van der Waals surface area contributed by atoms with Crippen LogP contribution in [0.1, 0.15) is 124 Å². The van der Waals surface area contributed by atoms with E-state index in [0.717, 1.165) is 12.2 Å². The SMILES string of the molecule is CCCCCCCCCCCCSC(CCCCCC)C(C)OCCCOP(=O)(O)C(=O)O. The highest BCUT2D eigenvalue weighted by Crippen LogP contribution is 2.42. The number of rotatable bonds is 25. The highest BCUT2D eigenvalue weighted by molar-refractivity contribution is 7.99. The number of ether oxygens (including phenoxy) is 1. The smallest absolute Gasteiger partial charge is 0.435 e. The van der Waals surface area contributed by atoms with Gasteiger partial charge in [-0.3, -0.25) is 0 Å². The largest absolute Gasteiger partial charge is 0.472 e. The molecule has 0 aromatic rings. The number of hydrogen-bond acceptors (Lipinski definition) is 5. The molecule has 33 heavy (non-hydrogen) atoms. The van der Waals surface area contributed by atoms with Crippen molar-refractivity contribution >= 4 is 25.1 Å². The molecule has 0 spiro atoms. The molecule has 3 unspecified atom stereocenters. The Morgan fingerprint density at radius 3 is 1.88 bits per heavy atom. The summed E-state index contributed by atoms with van der Waals surface area (Å²) < 4.78 is 21.8. The van der Waals surface area contributed by atoms with Crippen molar-refractivity contribution < 1.29 is 28.6 Å². The zero-order valence-corrected chi connectivity index (χ0v) is 23.2. The van der Waals surface area contributed by atoms with E-state index in [2.05, 4.69) is 25.3 Å². The molecule has 0 aliphatic heterocycles. The van der Waals surface area contributed by atoms with Crippen LogP contribution >= 0.6 is 19.4 Å². The third-order valence-electron chi connectivity index (χ3n) is 5.87. The fourth-order valence-corrected chi connectivity index (χ4v) is 5.57. The molecule has 3 atom stereocenters. The number of unbranched alkanes of at least 4 members (excludes halogenated alkanes) is 12. The lowest BCUT2D eigenvalue weighted by atomic mass is 10.1. The van der Waals surface area contributed by atoms with Crippen LogP contribution in [0.4, 0.5) is 4.79 Å². The fraction of sp³-hybridized carbons (Fsp3) is 0.960. The summed E-state index contributed by atoms with van der Waals surface area (Å²) in [5.74, 6) is 1.16. The predicted molar refractivity (Wildman–Crippen MR) is 141 cm³/mol. The number of carboxylic acid groups (broad SMARTS) is 1. The van der Waals surface area contributed by atoms with Gasteiger partial charge in [-0.1, -0.05) is 97.3 Å². The van der Waals surface area contributed by atoms with Gasteiger partial charge < -0.3 is 19.3 Å². The first-order valence-electron chi connectivity index (χ1n) is 13.3. The van der Waals surface area contributed by atoms with E-state index >= 15 is 0 Å². The first-order chi connectivity index (χ1) is 15.8. The lowest BCUT2D eigenvalue weighted by Gasteiger charge is -2.24. The Kier molecular flexibility index (Phi) is 22.4. The highest BCUT2D eigenvalue weighted by Gasteiger charge is 2.29. The molecule has 0 heterocycles. The van der Waals surface area contributed by atoms with Crippen LogP contribution in [0.15, 0.2) is 0 Å². The van der Waals surface area contributed by atoms with Gasteiger partial charge in [-0.25, -0.2) is 9.36 Å². The molecule has 8 heteroatoms. The summed E-state index contributed by atoms with van der Waals surface area (Å²) in [6.45, 7) is 6.88. The maximum Gasteiger partial charge on any atom is 0.435 e. The van der Waals surface area contributed by atoms with E-state index in [0.29, 0.717) is 18.3 Å². The summed E-state index contributed by atoms with van der Waals surface area (Å²) in [5, 5.41) is 9.06. The van der Waals surface area contributed by atoms with Crippen LogP contribution in [0.2, 0.25) is 0 Å². The van der Waals surface area contributed by atoms with Crippen LogP contribution in [-0.4, -0.2) is 46.0 Å². The van der Waals surface area contributed by atoms with Crippen molar-refractivity contribution in [3.05, 3.63) is 0 Å². The van der Waals surface area contributed by atoms with Crippen molar-refractivity contribution in [1.82, 2.24) is 0 Å². The molecule has 0 fully saturated rings. The van der Waals surface area contributed by atoms with E-state index in [9.17, 15) is 9.36 Å². The quantitative estimate of drug-likeness (QED) is 0.0937. The lowest BCUT2D eigenvalue weighted by Crippen LogP contribution is -2.25. The Labute approximate surface area is 207 Å². The van der Waals surface area contributed by atoms with Crippen LogP contribution in [0.5, 0.6) is 0 Å². The molecular formula is C25H51O6PS. The highest BCUT2D eigenvalue weighted by atomic mass is 32.2. The molecule has 0 aliphatic rings. The zero-order valence-electron chi connectivity index (χ0n) is 21.5. The molecule has 6 nitrogen and oxygen atoms in total. The van der Waals surface area contributed by atoms with Gasteiger partial charge in [0.15, 0.2) is 0 Å². The standard InChI is InChI=1S/C25H51O6PS/c1-4-6-8-10-11-12-13-14-15-17-22-33-24(19-16-9-7-5-2)23(3)30-20-18-21-31-32(28,29)25(26)27/h23-24H,4-22H2,1-3H3,(H,26,27)(H,28,29). The molecule has 0 saturated carbocycles.